The van der Waals surface area contributed by atoms with Crippen LogP contribution in [0.5, 0.6) is 0 Å². The van der Waals surface area contributed by atoms with Crippen LogP contribution in [0.1, 0.15) is 12.7 Å². The Kier molecular flexibility index (Phi) is 5.75. The van der Waals surface area contributed by atoms with Crippen LogP contribution >= 0.6 is 0 Å². The van der Waals surface area contributed by atoms with E-state index in [2.05, 4.69) is 10.5 Å². The lowest BCUT2D eigenvalue weighted by atomic mass is 10.3. The molecule has 0 unspecified atom stereocenters. The summed E-state index contributed by atoms with van der Waals surface area (Å²) >= 11 is 0. The minimum Gasteiger partial charge on any atom is -1.00 e. The number of aromatic nitrogens is 1. The summed E-state index contributed by atoms with van der Waals surface area (Å²) in [7, 11) is 0. The van der Waals surface area contributed by atoms with E-state index in [1.165, 1.54) is 0 Å². The maximum atomic E-state index is 11.6. The monoisotopic (exact) mass is 279 g/mol. The first-order chi connectivity index (χ1) is 8.75. The average Bonchev–Trinajstić information content (AvgIpc) is 2.91. The highest BCUT2D eigenvalue weighted by atomic mass is 35.5. The molecule has 2 heterocycles. The fourth-order valence-electron chi connectivity index (χ4n) is 1.43. The number of pyridine rings is 1. The van der Waals surface area contributed by atoms with Crippen molar-refractivity contribution in [2.75, 3.05) is 0 Å². The minimum absolute atomic E-state index is 0. The van der Waals surface area contributed by atoms with Gasteiger partial charge < -0.3 is 16.8 Å². The maximum absolute atomic E-state index is 11.6. The average molecular weight is 280 g/mol. The van der Waals surface area contributed by atoms with Gasteiger partial charge in [0.1, 0.15) is 11.5 Å². The van der Waals surface area contributed by atoms with Crippen molar-refractivity contribution < 1.29 is 26.2 Å². The highest BCUT2D eigenvalue weighted by Gasteiger charge is 2.08. The van der Waals surface area contributed by atoms with Crippen LogP contribution in [0.15, 0.2) is 58.5 Å². The molecule has 2 aromatic heterocycles. The number of nitrogens with one attached hydrogen (secondary N) is 1. The second-order valence-corrected chi connectivity index (χ2v) is 3.76. The molecule has 6 heteroatoms. The Hall–Kier alpha value is -2.14. The zero-order valence-electron chi connectivity index (χ0n) is 10.4. The summed E-state index contributed by atoms with van der Waals surface area (Å²) in [5.41, 5.74) is 3.12. The Morgan fingerprint density at radius 2 is 2.05 bits per heavy atom. The molecule has 100 valence electrons. The Labute approximate surface area is 117 Å². The van der Waals surface area contributed by atoms with Gasteiger partial charge in [0.25, 0.3) is 0 Å². The van der Waals surface area contributed by atoms with Crippen LogP contribution in [0, 0.1) is 0 Å². The Morgan fingerprint density at radius 3 is 2.68 bits per heavy atom. The van der Waals surface area contributed by atoms with Crippen molar-refractivity contribution in [3.63, 3.8) is 0 Å². The fraction of sp³-hybridized carbons (Fsp3) is 0.154. The largest absolute Gasteiger partial charge is 1.00 e. The molecule has 2 aromatic rings. The topological polar surface area (TPSA) is 58.5 Å². The molecule has 1 N–H and O–H groups in total. The smallest absolute Gasteiger partial charge is 0.305 e. The number of hydrazone groups is 1. The Balaban J connectivity index is 0.00000180. The number of rotatable bonds is 4. The molecule has 0 aromatic carbocycles. The zero-order chi connectivity index (χ0) is 12.8. The third kappa shape index (κ3) is 4.56. The Bertz CT molecular complexity index is 538. The van der Waals surface area contributed by atoms with Crippen LogP contribution < -0.4 is 22.4 Å². The standard InChI is InChI=1S/C13H13N3O2.ClH/c1-11(12-6-5-9-18-12)14-15-13(17)10-16-7-3-2-4-8-16;/h2-9H,10H2,1H3;1H/b14-11+;. The van der Waals surface area contributed by atoms with Crippen molar-refractivity contribution in [2.45, 2.75) is 13.5 Å². The quantitative estimate of drug-likeness (QED) is 0.404. The molecule has 0 aliphatic rings. The Morgan fingerprint density at radius 1 is 1.32 bits per heavy atom. The van der Waals surface area contributed by atoms with Gasteiger partial charge in [-0.3, -0.25) is 4.79 Å². The van der Waals surface area contributed by atoms with Gasteiger partial charge in [-0.15, -0.1) is 0 Å². The number of amides is 1. The highest BCUT2D eigenvalue weighted by Crippen LogP contribution is 2.00. The predicted octanol–water partition coefficient (Wildman–Crippen LogP) is -1.89. The zero-order valence-corrected chi connectivity index (χ0v) is 11.2. The van der Waals surface area contributed by atoms with Crippen LogP contribution in [0.2, 0.25) is 0 Å². The molecule has 0 fully saturated rings. The van der Waals surface area contributed by atoms with Crippen molar-refractivity contribution in [1.29, 1.82) is 0 Å². The van der Waals surface area contributed by atoms with E-state index < -0.39 is 0 Å². The van der Waals surface area contributed by atoms with Crippen LogP contribution in [-0.2, 0) is 11.3 Å². The lowest BCUT2D eigenvalue weighted by molar-refractivity contribution is -0.684. The second-order valence-electron chi connectivity index (χ2n) is 3.76. The van der Waals surface area contributed by atoms with Crippen molar-refractivity contribution in [1.82, 2.24) is 5.43 Å². The molecule has 0 atom stereocenters. The number of hydrogen-bond acceptors (Lipinski definition) is 3. The molecule has 0 bridgehead atoms. The summed E-state index contributed by atoms with van der Waals surface area (Å²) in [6.07, 6.45) is 5.21. The van der Waals surface area contributed by atoms with E-state index in [4.69, 9.17) is 4.42 Å². The van der Waals surface area contributed by atoms with Gasteiger partial charge >= 0.3 is 5.91 Å². The molecule has 19 heavy (non-hydrogen) atoms. The van der Waals surface area contributed by atoms with Crippen molar-refractivity contribution in [2.24, 2.45) is 5.10 Å². The van der Waals surface area contributed by atoms with Gasteiger partial charge in [0, 0.05) is 12.1 Å². The van der Waals surface area contributed by atoms with Crippen molar-refractivity contribution >= 4 is 11.6 Å². The van der Waals surface area contributed by atoms with Gasteiger partial charge in [-0.25, -0.2) is 5.43 Å². The summed E-state index contributed by atoms with van der Waals surface area (Å²) in [5, 5.41) is 3.97. The SMILES string of the molecule is C/C(=N\NC(=O)C[n+]1ccccc1)c1ccco1.[Cl-]. The molecule has 0 spiro atoms. The fourth-order valence-corrected chi connectivity index (χ4v) is 1.43. The summed E-state index contributed by atoms with van der Waals surface area (Å²) in [5.74, 6) is 0.458. The summed E-state index contributed by atoms with van der Waals surface area (Å²) in [6, 6.07) is 9.19. The van der Waals surface area contributed by atoms with E-state index in [1.807, 2.05) is 30.6 Å². The van der Waals surface area contributed by atoms with Gasteiger partial charge in [0.05, 0.1) is 6.26 Å². The van der Waals surface area contributed by atoms with Crippen LogP contribution in [0.4, 0.5) is 0 Å². The van der Waals surface area contributed by atoms with E-state index in [0.29, 0.717) is 11.5 Å². The summed E-state index contributed by atoms with van der Waals surface area (Å²) < 4.78 is 6.93. The van der Waals surface area contributed by atoms with Crippen LogP contribution in [0.3, 0.4) is 0 Å². The molecule has 1 amide bonds. The number of halogens is 1. The lowest BCUT2D eigenvalue weighted by Gasteiger charge is -1.98. The number of carbonyl (C=O) groups excluding carboxylic acids is 1. The first-order valence-electron chi connectivity index (χ1n) is 5.57. The van der Waals surface area contributed by atoms with E-state index in [1.54, 1.807) is 29.9 Å². The van der Waals surface area contributed by atoms with Gasteiger partial charge in [-0.05, 0) is 19.1 Å². The molecule has 0 saturated carbocycles. The normalized spacial score (nSPS) is 10.7. The highest BCUT2D eigenvalue weighted by molar-refractivity contribution is 5.96. The first kappa shape index (κ1) is 14.9. The molecule has 0 radical (unpaired) electrons. The van der Waals surface area contributed by atoms with Gasteiger partial charge in [-0.1, -0.05) is 6.07 Å². The van der Waals surface area contributed by atoms with E-state index in [-0.39, 0.29) is 24.9 Å². The van der Waals surface area contributed by atoms with Crippen molar-refractivity contribution in [3.8, 4) is 0 Å². The van der Waals surface area contributed by atoms with E-state index >= 15 is 0 Å². The summed E-state index contributed by atoms with van der Waals surface area (Å²) in [4.78, 5) is 11.6. The molecular formula is C13H14ClN3O2. The third-order valence-electron chi connectivity index (χ3n) is 2.33. The van der Waals surface area contributed by atoms with Gasteiger partial charge in [0.2, 0.25) is 6.54 Å². The van der Waals surface area contributed by atoms with E-state index in [9.17, 15) is 4.79 Å². The van der Waals surface area contributed by atoms with Gasteiger partial charge in [-0.2, -0.15) is 9.67 Å². The van der Waals surface area contributed by atoms with Crippen molar-refractivity contribution in [3.05, 3.63) is 54.7 Å². The third-order valence-corrected chi connectivity index (χ3v) is 2.33. The van der Waals surface area contributed by atoms with Crippen LogP contribution in [0.25, 0.3) is 0 Å². The number of hydrogen-bond donors (Lipinski definition) is 1. The second kappa shape index (κ2) is 7.33. The predicted molar refractivity (Wildman–Crippen MR) is 65.7 cm³/mol. The molecule has 2 rings (SSSR count). The number of nitrogens with zero attached hydrogens (tertiary/aromatic N) is 2. The molecule has 0 saturated heterocycles. The molecule has 5 nitrogen and oxygen atoms in total. The first-order valence-corrected chi connectivity index (χ1v) is 5.57. The van der Waals surface area contributed by atoms with Crippen LogP contribution in [-0.4, -0.2) is 11.6 Å². The molecule has 0 aliphatic heterocycles. The number of furan rings is 1. The summed E-state index contributed by atoms with van der Waals surface area (Å²) in [6.45, 7) is 2.00. The molecule has 0 aliphatic carbocycles. The van der Waals surface area contributed by atoms with E-state index in [0.717, 1.165) is 0 Å². The minimum atomic E-state index is -0.183. The molecular weight excluding hydrogens is 266 g/mol. The number of carbonyl (C=O) groups is 1. The maximum Gasteiger partial charge on any atom is 0.305 e. The van der Waals surface area contributed by atoms with Gasteiger partial charge in [0.15, 0.2) is 12.4 Å². The lowest BCUT2D eigenvalue weighted by Crippen LogP contribution is -3.00.